The highest BCUT2D eigenvalue weighted by atomic mass is 16.6. The molecule has 0 unspecified atom stereocenters. The molecule has 0 radical (unpaired) electrons. The highest BCUT2D eigenvalue weighted by molar-refractivity contribution is 5.95. The molecule has 0 bridgehead atoms. The molecule has 1 rings (SSSR count). The Kier molecular flexibility index (Phi) is 4.16. The average molecular weight is 242 g/mol. The molecule has 0 atom stereocenters. The van der Waals surface area contributed by atoms with Crippen LogP contribution in [0.5, 0.6) is 0 Å². The van der Waals surface area contributed by atoms with Crippen LogP contribution in [-0.4, -0.2) is 33.8 Å². The maximum atomic E-state index is 11.2. The van der Waals surface area contributed by atoms with Crippen molar-refractivity contribution in [2.24, 2.45) is 5.73 Å². The first-order chi connectivity index (χ1) is 7.99. The maximum Gasteiger partial charge on any atom is 0.322 e. The first-order valence-corrected chi connectivity index (χ1v) is 5.08. The van der Waals surface area contributed by atoms with E-state index in [1.54, 1.807) is 0 Å². The average Bonchev–Trinajstić information content (AvgIpc) is 2.55. The molecule has 0 saturated carbocycles. The zero-order chi connectivity index (χ0) is 13.0. The standard InChI is InChI=1S/C9H14N4O4/c1-3-17-5-4-12-8(9(10)14)7(13(15)16)6(2)11-12/h3-5H2,1-2H3,(H2,10,14). The molecule has 0 fully saturated rings. The van der Waals surface area contributed by atoms with E-state index in [0.717, 1.165) is 0 Å². The number of primary amides is 1. The Labute approximate surface area is 97.5 Å². The molecule has 94 valence electrons. The van der Waals surface area contributed by atoms with Crippen LogP contribution in [0.2, 0.25) is 0 Å². The van der Waals surface area contributed by atoms with Gasteiger partial charge >= 0.3 is 5.69 Å². The summed E-state index contributed by atoms with van der Waals surface area (Å²) in [5.74, 6) is -0.867. The van der Waals surface area contributed by atoms with Crippen molar-refractivity contribution in [2.75, 3.05) is 13.2 Å². The normalized spacial score (nSPS) is 10.5. The monoisotopic (exact) mass is 242 g/mol. The lowest BCUT2D eigenvalue weighted by Gasteiger charge is -2.03. The summed E-state index contributed by atoms with van der Waals surface area (Å²) in [6, 6.07) is 0. The van der Waals surface area contributed by atoms with Crippen LogP contribution < -0.4 is 5.73 Å². The number of rotatable bonds is 6. The van der Waals surface area contributed by atoms with Crippen LogP contribution in [-0.2, 0) is 11.3 Å². The van der Waals surface area contributed by atoms with Crippen LogP contribution in [0.15, 0.2) is 0 Å². The molecule has 0 aliphatic heterocycles. The molecule has 1 aromatic heterocycles. The third kappa shape index (κ3) is 2.78. The van der Waals surface area contributed by atoms with Gasteiger partial charge in [0.1, 0.15) is 5.69 Å². The lowest BCUT2D eigenvalue weighted by Crippen LogP contribution is -2.20. The van der Waals surface area contributed by atoms with E-state index >= 15 is 0 Å². The van der Waals surface area contributed by atoms with E-state index in [1.807, 2.05) is 6.92 Å². The van der Waals surface area contributed by atoms with Crippen molar-refractivity contribution >= 4 is 11.6 Å². The summed E-state index contributed by atoms with van der Waals surface area (Å²) in [5, 5.41) is 14.7. The van der Waals surface area contributed by atoms with Gasteiger partial charge in [-0.2, -0.15) is 5.10 Å². The minimum atomic E-state index is -0.867. The number of carbonyl (C=O) groups excluding carboxylic acids is 1. The van der Waals surface area contributed by atoms with Crippen LogP contribution in [0.4, 0.5) is 5.69 Å². The maximum absolute atomic E-state index is 11.2. The molecule has 0 spiro atoms. The second-order valence-electron chi connectivity index (χ2n) is 3.32. The molecule has 0 aliphatic rings. The molecule has 2 N–H and O–H groups in total. The van der Waals surface area contributed by atoms with Crippen molar-refractivity contribution in [1.29, 1.82) is 0 Å². The molecule has 0 saturated heterocycles. The van der Waals surface area contributed by atoms with E-state index < -0.39 is 10.8 Å². The summed E-state index contributed by atoms with van der Waals surface area (Å²) in [6.45, 7) is 4.37. The van der Waals surface area contributed by atoms with Gasteiger partial charge in [-0.15, -0.1) is 0 Å². The molecule has 8 heteroatoms. The molecule has 1 amide bonds. The Morgan fingerprint density at radius 1 is 1.65 bits per heavy atom. The van der Waals surface area contributed by atoms with Crippen LogP contribution in [0.1, 0.15) is 23.1 Å². The number of ether oxygens (including phenoxy) is 1. The molecule has 1 aromatic rings. The fourth-order valence-electron chi connectivity index (χ4n) is 1.49. The van der Waals surface area contributed by atoms with Crippen LogP contribution >= 0.6 is 0 Å². The van der Waals surface area contributed by atoms with Gasteiger partial charge in [-0.1, -0.05) is 0 Å². The highest BCUT2D eigenvalue weighted by Gasteiger charge is 2.28. The van der Waals surface area contributed by atoms with Crippen molar-refractivity contribution in [3.8, 4) is 0 Å². The topological polar surface area (TPSA) is 113 Å². The minimum absolute atomic E-state index is 0.167. The summed E-state index contributed by atoms with van der Waals surface area (Å²) in [6.07, 6.45) is 0. The van der Waals surface area contributed by atoms with Crippen molar-refractivity contribution in [3.63, 3.8) is 0 Å². The summed E-state index contributed by atoms with van der Waals surface area (Å²) in [4.78, 5) is 21.4. The predicted molar refractivity (Wildman–Crippen MR) is 58.6 cm³/mol. The zero-order valence-corrected chi connectivity index (χ0v) is 9.67. The number of nitrogens with zero attached hydrogens (tertiary/aromatic N) is 3. The number of hydrogen-bond acceptors (Lipinski definition) is 5. The second kappa shape index (κ2) is 5.39. The number of amides is 1. The highest BCUT2D eigenvalue weighted by Crippen LogP contribution is 2.22. The Bertz CT molecular complexity index is 440. The molecule has 1 heterocycles. The van der Waals surface area contributed by atoms with Gasteiger partial charge in [-0.25, -0.2) is 0 Å². The van der Waals surface area contributed by atoms with Crippen molar-refractivity contribution in [3.05, 3.63) is 21.5 Å². The molecular weight excluding hydrogens is 228 g/mol. The Morgan fingerprint density at radius 2 is 2.29 bits per heavy atom. The fourth-order valence-corrected chi connectivity index (χ4v) is 1.49. The SMILES string of the molecule is CCOCCn1nc(C)c([N+](=O)[O-])c1C(N)=O. The number of nitro groups is 1. The summed E-state index contributed by atoms with van der Waals surface area (Å²) in [7, 11) is 0. The summed E-state index contributed by atoms with van der Waals surface area (Å²) < 4.78 is 6.31. The van der Waals surface area contributed by atoms with Crippen LogP contribution in [0, 0.1) is 17.0 Å². The molecule has 0 aliphatic carbocycles. The van der Waals surface area contributed by atoms with Crippen LogP contribution in [0.3, 0.4) is 0 Å². The molecule has 17 heavy (non-hydrogen) atoms. The predicted octanol–water partition coefficient (Wildman–Crippen LogP) is 0.235. The number of aromatic nitrogens is 2. The van der Waals surface area contributed by atoms with E-state index in [2.05, 4.69) is 5.10 Å². The Hall–Kier alpha value is -1.96. The minimum Gasteiger partial charge on any atom is -0.380 e. The van der Waals surface area contributed by atoms with Gasteiger partial charge in [0, 0.05) is 6.61 Å². The van der Waals surface area contributed by atoms with Crippen molar-refractivity contribution in [2.45, 2.75) is 20.4 Å². The van der Waals surface area contributed by atoms with Gasteiger partial charge in [0.15, 0.2) is 0 Å². The van der Waals surface area contributed by atoms with Crippen molar-refractivity contribution in [1.82, 2.24) is 9.78 Å². The third-order valence-corrected chi connectivity index (χ3v) is 2.16. The number of nitrogens with two attached hydrogens (primary N) is 1. The van der Waals surface area contributed by atoms with Crippen molar-refractivity contribution < 1.29 is 14.5 Å². The van der Waals surface area contributed by atoms with E-state index in [4.69, 9.17) is 10.5 Å². The number of aryl methyl sites for hydroxylation is 1. The van der Waals surface area contributed by atoms with Gasteiger partial charge in [-0.05, 0) is 13.8 Å². The quantitative estimate of drug-likeness (QED) is 0.436. The smallest absolute Gasteiger partial charge is 0.322 e. The number of hydrogen-bond donors (Lipinski definition) is 1. The van der Waals surface area contributed by atoms with Gasteiger partial charge in [0.05, 0.1) is 18.1 Å². The van der Waals surface area contributed by atoms with E-state index in [1.165, 1.54) is 11.6 Å². The van der Waals surface area contributed by atoms with Gasteiger partial charge in [0.25, 0.3) is 5.91 Å². The molecule has 0 aromatic carbocycles. The summed E-state index contributed by atoms with van der Waals surface area (Å²) >= 11 is 0. The third-order valence-electron chi connectivity index (χ3n) is 2.16. The van der Waals surface area contributed by atoms with Gasteiger partial charge < -0.3 is 10.5 Å². The molecule has 8 nitrogen and oxygen atoms in total. The lowest BCUT2D eigenvalue weighted by molar-refractivity contribution is -0.385. The number of carbonyl (C=O) groups is 1. The van der Waals surface area contributed by atoms with Gasteiger partial charge in [-0.3, -0.25) is 19.6 Å². The zero-order valence-electron chi connectivity index (χ0n) is 9.67. The summed E-state index contributed by atoms with van der Waals surface area (Å²) in [5.41, 5.74) is 4.77. The fraction of sp³-hybridized carbons (Fsp3) is 0.556. The van der Waals surface area contributed by atoms with E-state index in [0.29, 0.717) is 13.2 Å². The largest absolute Gasteiger partial charge is 0.380 e. The van der Waals surface area contributed by atoms with Crippen LogP contribution in [0.25, 0.3) is 0 Å². The van der Waals surface area contributed by atoms with E-state index in [-0.39, 0.29) is 23.6 Å². The Morgan fingerprint density at radius 3 is 2.76 bits per heavy atom. The first-order valence-electron chi connectivity index (χ1n) is 5.08. The first kappa shape index (κ1) is 13.1. The molecular formula is C9H14N4O4. The Balaban J connectivity index is 3.09. The van der Waals surface area contributed by atoms with Gasteiger partial charge in [0.2, 0.25) is 5.69 Å². The lowest BCUT2D eigenvalue weighted by atomic mass is 10.3. The van der Waals surface area contributed by atoms with E-state index in [9.17, 15) is 14.9 Å². The second-order valence-corrected chi connectivity index (χ2v) is 3.32.